The number of anilines is 1. The van der Waals surface area contributed by atoms with Crippen LogP contribution in [0.2, 0.25) is 0 Å². The first-order valence-electron chi connectivity index (χ1n) is 6.00. The summed E-state index contributed by atoms with van der Waals surface area (Å²) in [6.07, 6.45) is -4.76. The Bertz CT molecular complexity index is 674. The molecule has 22 heavy (non-hydrogen) atoms. The number of aromatic nitrogens is 1. The number of benzene rings is 1. The molecule has 0 radical (unpaired) electrons. The third kappa shape index (κ3) is 4.29. The average molecular weight is 335 g/mol. The highest BCUT2D eigenvalue weighted by Crippen LogP contribution is 2.31. The summed E-state index contributed by atoms with van der Waals surface area (Å²) in [4.78, 5) is 15.8. The van der Waals surface area contributed by atoms with Crippen LogP contribution in [0.25, 0.3) is 10.2 Å². The maximum atomic E-state index is 12.2. The Hall–Kier alpha value is -1.91. The molecule has 1 amide bonds. The third-order valence-electron chi connectivity index (χ3n) is 2.51. The molecule has 0 aliphatic heterocycles. The van der Waals surface area contributed by atoms with E-state index >= 15 is 0 Å². The van der Waals surface area contributed by atoms with E-state index in [0.717, 1.165) is 17.4 Å². The molecule has 0 saturated carbocycles. The number of carbonyl (C=O) groups excluding carboxylic acids is 1. The molecule has 6 nitrogen and oxygen atoms in total. The Balaban J connectivity index is 2.15. The van der Waals surface area contributed by atoms with Gasteiger partial charge in [0.05, 0.1) is 16.8 Å². The molecular weight excluding hydrogens is 323 g/mol. The van der Waals surface area contributed by atoms with Crippen molar-refractivity contribution in [2.45, 2.75) is 12.4 Å². The fourth-order valence-electron chi connectivity index (χ4n) is 1.61. The van der Waals surface area contributed by atoms with Gasteiger partial charge in [0.15, 0.2) is 5.13 Å². The molecule has 3 N–H and O–H groups in total. The van der Waals surface area contributed by atoms with Crippen LogP contribution >= 0.6 is 11.3 Å². The lowest BCUT2D eigenvalue weighted by Gasteiger charge is -2.08. The van der Waals surface area contributed by atoms with Gasteiger partial charge in [-0.2, -0.15) is 0 Å². The van der Waals surface area contributed by atoms with Crippen LogP contribution in [0.1, 0.15) is 0 Å². The summed E-state index contributed by atoms with van der Waals surface area (Å²) in [7, 11) is 1.41. The van der Waals surface area contributed by atoms with Crippen LogP contribution in [0, 0.1) is 0 Å². The van der Waals surface area contributed by atoms with Crippen LogP contribution in [-0.4, -0.2) is 37.0 Å². The van der Waals surface area contributed by atoms with Crippen molar-refractivity contribution in [1.29, 1.82) is 0 Å². The first-order chi connectivity index (χ1) is 10.3. The predicted molar refractivity (Wildman–Crippen MR) is 74.8 cm³/mol. The van der Waals surface area contributed by atoms with E-state index in [2.05, 4.69) is 15.0 Å². The zero-order valence-corrected chi connectivity index (χ0v) is 12.1. The van der Waals surface area contributed by atoms with E-state index in [1.165, 1.54) is 19.2 Å². The molecule has 2 rings (SSSR count). The van der Waals surface area contributed by atoms with Gasteiger partial charge in [-0.3, -0.25) is 4.79 Å². The van der Waals surface area contributed by atoms with Crippen molar-refractivity contribution in [2.75, 3.05) is 19.0 Å². The summed E-state index contributed by atoms with van der Waals surface area (Å²) in [5.41, 5.74) is 6.00. The molecule has 1 atom stereocenters. The minimum absolute atomic E-state index is 0.0420. The quantitative estimate of drug-likeness (QED) is 0.874. The molecule has 1 aromatic heterocycles. The summed E-state index contributed by atoms with van der Waals surface area (Å²) in [5, 5.41) is 2.72. The summed E-state index contributed by atoms with van der Waals surface area (Å²) in [5.74, 6) is -0.842. The van der Waals surface area contributed by atoms with E-state index in [-0.39, 0.29) is 17.5 Å². The predicted octanol–water partition coefficient (Wildman–Crippen LogP) is 2.11. The molecular formula is C12H12F3N3O3S. The molecule has 0 unspecified atom stereocenters. The zero-order valence-electron chi connectivity index (χ0n) is 11.3. The van der Waals surface area contributed by atoms with E-state index < -0.39 is 18.3 Å². The van der Waals surface area contributed by atoms with Gasteiger partial charge < -0.3 is 20.5 Å². The molecule has 0 aliphatic rings. The minimum Gasteiger partial charge on any atom is -0.406 e. The first kappa shape index (κ1) is 16.5. The number of rotatable bonds is 5. The second-order valence-electron chi connectivity index (χ2n) is 4.25. The maximum absolute atomic E-state index is 12.2. The Morgan fingerprint density at radius 3 is 2.86 bits per heavy atom. The lowest BCUT2D eigenvalue weighted by atomic mass is 10.3. The number of alkyl halides is 3. The second kappa shape index (κ2) is 6.46. The van der Waals surface area contributed by atoms with Crippen LogP contribution < -0.4 is 15.8 Å². The molecule has 2 aromatic rings. The Morgan fingerprint density at radius 1 is 1.50 bits per heavy atom. The minimum atomic E-state index is -4.76. The largest absolute Gasteiger partial charge is 0.573 e. The summed E-state index contributed by atoms with van der Waals surface area (Å²) in [6, 6.07) is 2.86. The van der Waals surface area contributed by atoms with Crippen molar-refractivity contribution < 1.29 is 27.4 Å². The number of nitrogens with two attached hydrogens (primary N) is 1. The summed E-state index contributed by atoms with van der Waals surface area (Å²) in [6.45, 7) is 0.0420. The van der Waals surface area contributed by atoms with Crippen molar-refractivity contribution in [2.24, 2.45) is 5.73 Å². The fourth-order valence-corrected chi connectivity index (χ4v) is 2.51. The number of methoxy groups -OCH3 is 1. The molecule has 10 heteroatoms. The van der Waals surface area contributed by atoms with Crippen LogP contribution in [-0.2, 0) is 9.53 Å². The number of hydrogen-bond donors (Lipinski definition) is 2. The summed E-state index contributed by atoms with van der Waals surface area (Å²) >= 11 is 1.01. The highest BCUT2D eigenvalue weighted by atomic mass is 32.1. The van der Waals surface area contributed by atoms with Gasteiger partial charge in [0.1, 0.15) is 11.8 Å². The lowest BCUT2D eigenvalue weighted by molar-refractivity contribution is -0.274. The van der Waals surface area contributed by atoms with Crippen molar-refractivity contribution in [3.8, 4) is 5.75 Å². The molecule has 0 saturated heterocycles. The number of ether oxygens (including phenoxy) is 2. The van der Waals surface area contributed by atoms with Gasteiger partial charge in [-0.1, -0.05) is 11.3 Å². The van der Waals surface area contributed by atoms with E-state index in [0.29, 0.717) is 10.2 Å². The number of hydrogen-bond acceptors (Lipinski definition) is 6. The fraction of sp³-hybridized carbons (Fsp3) is 0.333. The maximum Gasteiger partial charge on any atom is 0.573 e. The second-order valence-corrected chi connectivity index (χ2v) is 5.28. The van der Waals surface area contributed by atoms with Crippen LogP contribution in [0.5, 0.6) is 5.75 Å². The molecule has 0 aliphatic carbocycles. The standard InChI is InChI=1S/C12H12F3N3O3S/c1-20-5-7(16)10(19)18-11-17-8-3-2-6(4-9(8)22-11)21-12(13,14)15/h2-4,7H,5,16H2,1H3,(H,17,18,19)/t7-/m0/s1. The zero-order chi connectivity index (χ0) is 16.3. The van der Waals surface area contributed by atoms with Gasteiger partial charge in [-0.25, -0.2) is 4.98 Å². The van der Waals surface area contributed by atoms with E-state index in [4.69, 9.17) is 10.5 Å². The number of nitrogens with one attached hydrogen (secondary N) is 1. The van der Waals surface area contributed by atoms with Crippen molar-refractivity contribution in [3.63, 3.8) is 0 Å². The molecule has 0 fully saturated rings. The Labute approximate surface area is 127 Å². The Kier molecular flexibility index (Phi) is 4.84. The van der Waals surface area contributed by atoms with Crippen LogP contribution in [0.3, 0.4) is 0 Å². The number of thiazole rings is 1. The number of halogens is 3. The number of amides is 1. The average Bonchev–Trinajstić information content (AvgIpc) is 2.78. The van der Waals surface area contributed by atoms with Gasteiger partial charge in [0.2, 0.25) is 5.91 Å². The van der Waals surface area contributed by atoms with Gasteiger partial charge >= 0.3 is 6.36 Å². The van der Waals surface area contributed by atoms with Gasteiger partial charge in [0.25, 0.3) is 0 Å². The van der Waals surface area contributed by atoms with E-state index in [1.54, 1.807) is 0 Å². The first-order valence-corrected chi connectivity index (χ1v) is 6.82. The third-order valence-corrected chi connectivity index (χ3v) is 3.44. The van der Waals surface area contributed by atoms with E-state index in [9.17, 15) is 18.0 Å². The molecule has 1 heterocycles. The normalized spacial score (nSPS) is 13.1. The smallest absolute Gasteiger partial charge is 0.406 e. The monoisotopic (exact) mass is 335 g/mol. The van der Waals surface area contributed by atoms with Gasteiger partial charge in [-0.15, -0.1) is 13.2 Å². The Morgan fingerprint density at radius 2 is 2.23 bits per heavy atom. The van der Waals surface area contributed by atoms with Crippen molar-refractivity contribution in [3.05, 3.63) is 18.2 Å². The number of fused-ring (bicyclic) bond motifs is 1. The van der Waals surface area contributed by atoms with E-state index in [1.807, 2.05) is 0 Å². The topological polar surface area (TPSA) is 86.5 Å². The molecule has 120 valence electrons. The highest BCUT2D eigenvalue weighted by molar-refractivity contribution is 7.22. The molecule has 0 bridgehead atoms. The highest BCUT2D eigenvalue weighted by Gasteiger charge is 2.31. The number of nitrogens with zero attached hydrogens (tertiary/aromatic N) is 1. The van der Waals surface area contributed by atoms with Gasteiger partial charge in [0, 0.05) is 13.2 Å². The summed E-state index contributed by atoms with van der Waals surface area (Å²) < 4.78 is 45.5. The molecule has 0 spiro atoms. The van der Waals surface area contributed by atoms with Crippen LogP contribution in [0.15, 0.2) is 18.2 Å². The SMILES string of the molecule is COC[C@H](N)C(=O)Nc1nc2ccc(OC(F)(F)F)cc2s1. The van der Waals surface area contributed by atoms with Crippen molar-refractivity contribution in [1.82, 2.24) is 4.98 Å². The number of carbonyl (C=O) groups is 1. The van der Waals surface area contributed by atoms with Crippen LogP contribution in [0.4, 0.5) is 18.3 Å². The van der Waals surface area contributed by atoms with Gasteiger partial charge in [-0.05, 0) is 12.1 Å². The lowest BCUT2D eigenvalue weighted by Crippen LogP contribution is -2.39. The molecule has 1 aromatic carbocycles. The van der Waals surface area contributed by atoms with Crippen molar-refractivity contribution >= 4 is 32.6 Å².